The number of fused-ring (bicyclic) bond motifs is 1. The third kappa shape index (κ3) is 4.26. The summed E-state index contributed by atoms with van der Waals surface area (Å²) in [4.78, 5) is 26.5. The third-order valence-corrected chi connectivity index (χ3v) is 7.15. The summed E-state index contributed by atoms with van der Waals surface area (Å²) < 4.78 is 26.6. The number of amides is 1. The van der Waals surface area contributed by atoms with E-state index in [9.17, 15) is 9.18 Å². The van der Waals surface area contributed by atoms with Gasteiger partial charge in [-0.3, -0.25) is 9.78 Å². The molecule has 10 heteroatoms. The van der Waals surface area contributed by atoms with Crippen molar-refractivity contribution < 1.29 is 18.7 Å². The van der Waals surface area contributed by atoms with E-state index in [4.69, 9.17) is 9.47 Å². The Labute approximate surface area is 209 Å². The van der Waals surface area contributed by atoms with E-state index in [-0.39, 0.29) is 23.8 Å². The monoisotopic (exact) mass is 494 g/mol. The molecule has 0 unspecified atom stereocenters. The van der Waals surface area contributed by atoms with Gasteiger partial charge in [-0.2, -0.15) is 0 Å². The summed E-state index contributed by atoms with van der Waals surface area (Å²) in [5.41, 5.74) is 4.45. The molecule has 1 aromatic carbocycles. The normalized spacial score (nSPS) is 16.5. The zero-order valence-electron chi connectivity index (χ0n) is 21.0. The summed E-state index contributed by atoms with van der Waals surface area (Å²) in [5, 5.41) is 3.10. The number of benzene rings is 1. The smallest absolute Gasteiger partial charge is 0.254 e. The number of rotatable bonds is 8. The maximum Gasteiger partial charge on any atom is 0.254 e. The largest absolute Gasteiger partial charge is 0.494 e. The van der Waals surface area contributed by atoms with Crippen LogP contribution in [0.15, 0.2) is 36.8 Å². The second-order valence-corrected chi connectivity index (χ2v) is 9.20. The first-order chi connectivity index (χ1) is 17.4. The number of carbonyl (C=O) groups excluding carboxylic acids is 1. The van der Waals surface area contributed by atoms with Crippen LogP contribution >= 0.6 is 0 Å². The fourth-order valence-corrected chi connectivity index (χ4v) is 5.03. The summed E-state index contributed by atoms with van der Waals surface area (Å²) in [7, 11) is 4.98. The Balaban J connectivity index is 1.49. The van der Waals surface area contributed by atoms with Gasteiger partial charge in [-0.25, -0.2) is 9.37 Å². The van der Waals surface area contributed by atoms with Gasteiger partial charge in [0.05, 0.1) is 37.7 Å². The predicted molar refractivity (Wildman–Crippen MR) is 134 cm³/mol. The molecule has 0 bridgehead atoms. The summed E-state index contributed by atoms with van der Waals surface area (Å²) in [6.07, 6.45) is 5.73. The van der Waals surface area contributed by atoms with Gasteiger partial charge in [0.1, 0.15) is 0 Å². The second-order valence-electron chi connectivity index (χ2n) is 9.20. The zero-order valence-corrected chi connectivity index (χ0v) is 21.0. The van der Waals surface area contributed by atoms with Crippen LogP contribution in [-0.2, 0) is 17.7 Å². The first-order valence-corrected chi connectivity index (χ1v) is 12.1. The standard InChI is InChI=1S/C26H31FN6O3/c1-16(22-11-24(36-4)21(27)12-30-22)33-7-5-19-20(25(33)34)9-17(13-31-8-6-29-26(31)28-2)10-23(19)32-14-18(15-32)35-3/h6,8-12,16,18H,5,7,13-15H2,1-4H3,(H,28,29)/t16-/m0/s1. The number of imidazole rings is 1. The highest BCUT2D eigenvalue weighted by atomic mass is 19.1. The Morgan fingerprint density at radius 1 is 1.22 bits per heavy atom. The van der Waals surface area contributed by atoms with Crippen LogP contribution in [0.25, 0.3) is 0 Å². The van der Waals surface area contributed by atoms with Gasteiger partial charge in [-0.1, -0.05) is 0 Å². The van der Waals surface area contributed by atoms with Crippen LogP contribution in [0.5, 0.6) is 5.75 Å². The summed E-state index contributed by atoms with van der Waals surface area (Å²) >= 11 is 0. The minimum Gasteiger partial charge on any atom is -0.494 e. The molecular weight excluding hydrogens is 463 g/mol. The molecule has 1 amide bonds. The van der Waals surface area contributed by atoms with Crippen molar-refractivity contribution in [3.8, 4) is 5.75 Å². The van der Waals surface area contributed by atoms with E-state index >= 15 is 0 Å². The van der Waals surface area contributed by atoms with Gasteiger partial charge in [0.2, 0.25) is 5.95 Å². The van der Waals surface area contributed by atoms with Gasteiger partial charge in [0, 0.05) is 63.5 Å². The number of halogens is 1. The number of nitrogens with one attached hydrogen (secondary N) is 1. The van der Waals surface area contributed by atoms with Gasteiger partial charge in [0.25, 0.3) is 5.91 Å². The van der Waals surface area contributed by atoms with Crippen molar-refractivity contribution >= 4 is 17.5 Å². The molecule has 2 aliphatic rings. The quantitative estimate of drug-likeness (QED) is 0.515. The maximum absolute atomic E-state index is 13.9. The van der Waals surface area contributed by atoms with Crippen LogP contribution in [0.1, 0.15) is 40.1 Å². The van der Waals surface area contributed by atoms with Crippen LogP contribution in [0.2, 0.25) is 0 Å². The molecule has 0 radical (unpaired) electrons. The molecule has 1 atom stereocenters. The molecule has 36 heavy (non-hydrogen) atoms. The Morgan fingerprint density at radius 3 is 2.75 bits per heavy atom. The number of nitrogens with zero attached hydrogens (tertiary/aromatic N) is 5. The van der Waals surface area contributed by atoms with E-state index < -0.39 is 5.82 Å². The van der Waals surface area contributed by atoms with Crippen LogP contribution in [0, 0.1) is 5.82 Å². The second kappa shape index (κ2) is 9.77. The highest BCUT2D eigenvalue weighted by Crippen LogP contribution is 2.36. The Morgan fingerprint density at radius 2 is 2.03 bits per heavy atom. The van der Waals surface area contributed by atoms with Gasteiger partial charge < -0.3 is 29.2 Å². The molecule has 0 spiro atoms. The molecule has 1 fully saturated rings. The molecule has 0 saturated carbocycles. The Kier molecular flexibility index (Phi) is 6.53. The number of hydrogen-bond donors (Lipinski definition) is 1. The van der Waals surface area contributed by atoms with E-state index in [1.165, 1.54) is 7.11 Å². The summed E-state index contributed by atoms with van der Waals surface area (Å²) in [5.74, 6) is 0.297. The van der Waals surface area contributed by atoms with Crippen molar-refractivity contribution in [3.63, 3.8) is 0 Å². The number of carbonyl (C=O) groups is 1. The van der Waals surface area contributed by atoms with Crippen LogP contribution in [-0.4, -0.2) is 72.3 Å². The van der Waals surface area contributed by atoms with Gasteiger partial charge >= 0.3 is 0 Å². The van der Waals surface area contributed by atoms with Crippen molar-refractivity contribution in [3.05, 3.63) is 65.0 Å². The number of methoxy groups -OCH3 is 2. The lowest BCUT2D eigenvalue weighted by Gasteiger charge is -2.43. The lowest BCUT2D eigenvalue weighted by atomic mass is 9.91. The number of anilines is 2. The van der Waals surface area contributed by atoms with Crippen molar-refractivity contribution in [2.45, 2.75) is 32.0 Å². The Bertz CT molecular complexity index is 1270. The molecule has 2 aliphatic heterocycles. The van der Waals surface area contributed by atoms with E-state index in [0.29, 0.717) is 24.3 Å². The summed E-state index contributed by atoms with van der Waals surface area (Å²) in [6.45, 7) is 4.64. The fourth-order valence-electron chi connectivity index (χ4n) is 5.03. The number of ether oxygens (including phenoxy) is 2. The van der Waals surface area contributed by atoms with Gasteiger partial charge in [0.15, 0.2) is 11.6 Å². The molecule has 1 saturated heterocycles. The topological polar surface area (TPSA) is 84.8 Å². The number of pyridine rings is 1. The minimum atomic E-state index is -0.526. The molecule has 4 heterocycles. The average Bonchev–Trinajstić information content (AvgIpc) is 3.31. The molecule has 190 valence electrons. The van der Waals surface area contributed by atoms with Gasteiger partial charge in [-0.05, 0) is 36.6 Å². The van der Waals surface area contributed by atoms with Crippen molar-refractivity contribution in [1.29, 1.82) is 0 Å². The highest BCUT2D eigenvalue weighted by Gasteiger charge is 2.35. The molecule has 5 rings (SSSR count). The van der Waals surface area contributed by atoms with Crippen LogP contribution < -0.4 is 15.0 Å². The number of aromatic nitrogens is 3. The van der Waals surface area contributed by atoms with Gasteiger partial charge in [-0.15, -0.1) is 0 Å². The average molecular weight is 495 g/mol. The van der Waals surface area contributed by atoms with Crippen LogP contribution in [0.4, 0.5) is 16.0 Å². The maximum atomic E-state index is 13.9. The van der Waals surface area contributed by atoms with E-state index in [1.54, 1.807) is 24.3 Å². The molecule has 2 aromatic heterocycles. The number of hydrogen-bond acceptors (Lipinski definition) is 7. The van der Waals surface area contributed by atoms with E-state index in [0.717, 1.165) is 48.5 Å². The van der Waals surface area contributed by atoms with Crippen LogP contribution in [0.3, 0.4) is 0 Å². The lowest BCUT2D eigenvalue weighted by Crippen LogP contribution is -2.52. The zero-order chi connectivity index (χ0) is 25.4. The minimum absolute atomic E-state index is 0.0553. The van der Waals surface area contributed by atoms with Crippen molar-refractivity contribution in [2.75, 3.05) is 51.1 Å². The molecular formula is C26H31FN6O3. The molecule has 9 nitrogen and oxygen atoms in total. The summed E-state index contributed by atoms with van der Waals surface area (Å²) in [6, 6.07) is 5.40. The third-order valence-electron chi connectivity index (χ3n) is 7.15. The predicted octanol–water partition coefficient (Wildman–Crippen LogP) is 3.11. The Hall–Kier alpha value is -3.66. The first kappa shape index (κ1) is 24.1. The molecule has 3 aromatic rings. The highest BCUT2D eigenvalue weighted by molar-refractivity contribution is 5.99. The van der Waals surface area contributed by atoms with Crippen molar-refractivity contribution in [1.82, 2.24) is 19.4 Å². The molecule has 0 aliphatic carbocycles. The first-order valence-electron chi connectivity index (χ1n) is 12.1. The SMILES string of the molecule is CNc1nccn1Cc1cc2c(c(N3CC(OC)C3)c1)CCN([C@@H](C)c1cc(OC)c(F)cn1)C2=O. The van der Waals surface area contributed by atoms with E-state index in [2.05, 4.69) is 26.3 Å². The van der Waals surface area contributed by atoms with Crippen molar-refractivity contribution in [2.24, 2.45) is 0 Å². The molecule has 1 N–H and O–H groups in total. The fraction of sp³-hybridized carbons (Fsp3) is 0.423. The lowest BCUT2D eigenvalue weighted by molar-refractivity contribution is 0.0667. The van der Waals surface area contributed by atoms with E-state index in [1.807, 2.05) is 30.8 Å².